The predicted molar refractivity (Wildman–Crippen MR) is 52.4 cm³/mol. The molecule has 0 spiro atoms. The summed E-state index contributed by atoms with van der Waals surface area (Å²) in [6, 6.07) is 2.01. The van der Waals surface area contributed by atoms with E-state index in [-0.39, 0.29) is 0 Å². The zero-order valence-corrected chi connectivity index (χ0v) is 8.00. The first-order valence-corrected chi connectivity index (χ1v) is 4.15. The molecule has 4 nitrogen and oxygen atoms in total. The fraction of sp³-hybridized carbons (Fsp3) is 0.333. The maximum atomic E-state index is 5.66. The van der Waals surface area contributed by atoms with Crippen molar-refractivity contribution in [3.8, 4) is 0 Å². The summed E-state index contributed by atoms with van der Waals surface area (Å²) in [7, 11) is 1.87. The molecule has 0 saturated carbocycles. The molecule has 0 aliphatic carbocycles. The average molecular weight is 176 g/mol. The molecule has 0 fully saturated rings. The fourth-order valence-electron chi connectivity index (χ4n) is 1.31. The highest BCUT2D eigenvalue weighted by Gasteiger charge is 2.07. The Bertz CT molecular complexity index is 470. The Hall–Kier alpha value is -1.58. The quantitative estimate of drug-likeness (QED) is 0.655. The first-order valence-electron chi connectivity index (χ1n) is 4.15. The van der Waals surface area contributed by atoms with Gasteiger partial charge in [-0.25, -0.2) is 9.97 Å². The molecule has 2 aromatic heterocycles. The summed E-state index contributed by atoms with van der Waals surface area (Å²) in [5, 5.41) is 0. The molecule has 2 N–H and O–H groups in total. The third-order valence-corrected chi connectivity index (χ3v) is 2.32. The minimum atomic E-state index is 0.507. The molecule has 2 heterocycles. The van der Waals surface area contributed by atoms with Crippen molar-refractivity contribution in [1.82, 2.24) is 14.5 Å². The molecule has 68 valence electrons. The van der Waals surface area contributed by atoms with E-state index in [1.165, 1.54) is 0 Å². The molecule has 2 rings (SSSR count). The van der Waals surface area contributed by atoms with Crippen molar-refractivity contribution in [3.05, 3.63) is 17.3 Å². The van der Waals surface area contributed by atoms with Gasteiger partial charge in [-0.3, -0.25) is 4.57 Å². The molecule has 0 saturated heterocycles. The van der Waals surface area contributed by atoms with Gasteiger partial charge in [0.1, 0.15) is 5.52 Å². The highest BCUT2D eigenvalue weighted by molar-refractivity contribution is 5.75. The van der Waals surface area contributed by atoms with Crippen LogP contribution in [0.2, 0.25) is 0 Å². The van der Waals surface area contributed by atoms with E-state index in [2.05, 4.69) is 9.97 Å². The third kappa shape index (κ3) is 1.06. The number of hydrogen-bond acceptors (Lipinski definition) is 3. The maximum Gasteiger partial charge on any atom is 0.202 e. The predicted octanol–water partition coefficient (Wildman–Crippen LogP) is 1.17. The molecule has 0 unspecified atom stereocenters. The van der Waals surface area contributed by atoms with Crippen LogP contribution in [0.3, 0.4) is 0 Å². The topological polar surface area (TPSA) is 56.7 Å². The molecule has 2 aromatic rings. The molecular formula is C9H12N4. The number of nitrogen functional groups attached to an aromatic ring is 1. The van der Waals surface area contributed by atoms with E-state index in [1.807, 2.05) is 27.0 Å². The van der Waals surface area contributed by atoms with Crippen LogP contribution < -0.4 is 5.73 Å². The van der Waals surface area contributed by atoms with Crippen LogP contribution in [-0.2, 0) is 7.05 Å². The summed E-state index contributed by atoms with van der Waals surface area (Å²) >= 11 is 0. The van der Waals surface area contributed by atoms with E-state index in [1.54, 1.807) is 4.57 Å². The first-order chi connectivity index (χ1) is 6.09. The summed E-state index contributed by atoms with van der Waals surface area (Å²) in [6.45, 7) is 4.00. The second-order valence-corrected chi connectivity index (χ2v) is 3.26. The molecule has 0 aliphatic rings. The van der Waals surface area contributed by atoms with Gasteiger partial charge >= 0.3 is 0 Å². The summed E-state index contributed by atoms with van der Waals surface area (Å²) < 4.78 is 1.79. The second kappa shape index (κ2) is 2.45. The van der Waals surface area contributed by atoms with E-state index in [4.69, 9.17) is 5.73 Å². The normalized spacial score (nSPS) is 11.0. The first kappa shape index (κ1) is 8.04. The molecule has 0 amide bonds. The van der Waals surface area contributed by atoms with Gasteiger partial charge in [0.05, 0.1) is 0 Å². The Morgan fingerprint density at radius 3 is 2.69 bits per heavy atom. The number of rotatable bonds is 0. The van der Waals surface area contributed by atoms with Crippen molar-refractivity contribution < 1.29 is 0 Å². The number of hydrogen-bond donors (Lipinski definition) is 1. The molecule has 0 radical (unpaired) electrons. The molecule has 0 atom stereocenters. The van der Waals surface area contributed by atoms with Gasteiger partial charge in [-0.15, -0.1) is 0 Å². The molecular weight excluding hydrogens is 164 g/mol. The number of anilines is 1. The van der Waals surface area contributed by atoms with Gasteiger partial charge in [0, 0.05) is 12.7 Å². The van der Waals surface area contributed by atoms with Crippen LogP contribution in [0.5, 0.6) is 0 Å². The molecule has 0 aromatic carbocycles. The SMILES string of the molecule is Cc1cc2nc(N)n(C)c2nc1C. The number of aromatic nitrogens is 3. The van der Waals surface area contributed by atoms with Gasteiger partial charge < -0.3 is 5.73 Å². The van der Waals surface area contributed by atoms with Gasteiger partial charge in [-0.05, 0) is 25.5 Å². The number of fused-ring (bicyclic) bond motifs is 1. The molecule has 0 aliphatic heterocycles. The van der Waals surface area contributed by atoms with Crippen molar-refractivity contribution in [2.75, 3.05) is 5.73 Å². The van der Waals surface area contributed by atoms with Gasteiger partial charge in [0.25, 0.3) is 0 Å². The minimum absolute atomic E-state index is 0.507. The zero-order valence-electron chi connectivity index (χ0n) is 8.00. The van der Waals surface area contributed by atoms with Gasteiger partial charge in [-0.2, -0.15) is 0 Å². The van der Waals surface area contributed by atoms with Crippen LogP contribution in [0.1, 0.15) is 11.3 Å². The lowest BCUT2D eigenvalue weighted by Gasteiger charge is -1.99. The summed E-state index contributed by atoms with van der Waals surface area (Å²) in [4.78, 5) is 8.61. The number of nitrogens with two attached hydrogens (primary N) is 1. The van der Waals surface area contributed by atoms with E-state index in [0.717, 1.165) is 22.4 Å². The summed E-state index contributed by atoms with van der Waals surface area (Å²) in [6.07, 6.45) is 0. The van der Waals surface area contributed by atoms with Crippen LogP contribution in [0.15, 0.2) is 6.07 Å². The summed E-state index contributed by atoms with van der Waals surface area (Å²) in [5.41, 5.74) is 9.54. The lowest BCUT2D eigenvalue weighted by Crippen LogP contribution is -1.98. The number of nitrogens with zero attached hydrogens (tertiary/aromatic N) is 3. The Morgan fingerprint density at radius 2 is 2.00 bits per heavy atom. The van der Waals surface area contributed by atoms with E-state index >= 15 is 0 Å². The standard InChI is InChI=1S/C9H12N4/c1-5-4-7-8(11-6(5)2)13(3)9(10)12-7/h4H,1-3H3,(H2,10,12). The molecule has 0 bridgehead atoms. The van der Waals surface area contributed by atoms with Crippen molar-refractivity contribution in [3.63, 3.8) is 0 Å². The molecule has 13 heavy (non-hydrogen) atoms. The van der Waals surface area contributed by atoms with E-state index in [9.17, 15) is 0 Å². The maximum absolute atomic E-state index is 5.66. The van der Waals surface area contributed by atoms with Crippen molar-refractivity contribution >= 4 is 17.1 Å². The fourth-order valence-corrected chi connectivity index (χ4v) is 1.31. The van der Waals surface area contributed by atoms with Crippen molar-refractivity contribution in [1.29, 1.82) is 0 Å². The smallest absolute Gasteiger partial charge is 0.202 e. The molecule has 4 heteroatoms. The number of imidazole rings is 1. The van der Waals surface area contributed by atoms with Crippen LogP contribution in [0.25, 0.3) is 11.2 Å². The van der Waals surface area contributed by atoms with Gasteiger partial charge in [0.15, 0.2) is 5.65 Å². The monoisotopic (exact) mass is 176 g/mol. The van der Waals surface area contributed by atoms with Gasteiger partial charge in [-0.1, -0.05) is 0 Å². The highest BCUT2D eigenvalue weighted by Crippen LogP contribution is 2.16. The largest absolute Gasteiger partial charge is 0.369 e. The van der Waals surface area contributed by atoms with Crippen LogP contribution in [0.4, 0.5) is 5.95 Å². The van der Waals surface area contributed by atoms with Crippen molar-refractivity contribution in [2.24, 2.45) is 7.05 Å². The lowest BCUT2D eigenvalue weighted by atomic mass is 10.2. The second-order valence-electron chi connectivity index (χ2n) is 3.26. The van der Waals surface area contributed by atoms with E-state index in [0.29, 0.717) is 5.95 Å². The summed E-state index contributed by atoms with van der Waals surface area (Å²) in [5.74, 6) is 0.507. The minimum Gasteiger partial charge on any atom is -0.369 e. The highest BCUT2D eigenvalue weighted by atomic mass is 15.2. The van der Waals surface area contributed by atoms with Gasteiger partial charge in [0.2, 0.25) is 5.95 Å². The number of aryl methyl sites for hydroxylation is 3. The average Bonchev–Trinajstić information content (AvgIpc) is 2.32. The zero-order chi connectivity index (χ0) is 9.59. The number of pyridine rings is 1. The third-order valence-electron chi connectivity index (χ3n) is 2.32. The van der Waals surface area contributed by atoms with E-state index < -0.39 is 0 Å². The van der Waals surface area contributed by atoms with Crippen LogP contribution in [0, 0.1) is 13.8 Å². The van der Waals surface area contributed by atoms with Crippen molar-refractivity contribution in [2.45, 2.75) is 13.8 Å². The Kier molecular flexibility index (Phi) is 1.52. The Balaban J connectivity index is 2.89. The van der Waals surface area contributed by atoms with Crippen LogP contribution >= 0.6 is 0 Å². The lowest BCUT2D eigenvalue weighted by molar-refractivity contribution is 0.941. The Labute approximate surface area is 76.4 Å². The Morgan fingerprint density at radius 1 is 1.31 bits per heavy atom. The van der Waals surface area contributed by atoms with Crippen LogP contribution in [-0.4, -0.2) is 14.5 Å².